The molecule has 3 rings (SSSR count). The summed E-state index contributed by atoms with van der Waals surface area (Å²) in [7, 11) is 0. The van der Waals surface area contributed by atoms with E-state index in [1.807, 2.05) is 0 Å². The molecular formula is C16H30N2O. The Bertz CT molecular complexity index is 282. The molecule has 1 spiro atoms. The maximum Gasteiger partial charge on any atom is 0.0697 e. The van der Waals surface area contributed by atoms with E-state index < -0.39 is 0 Å². The Labute approximate surface area is 118 Å². The van der Waals surface area contributed by atoms with Gasteiger partial charge in [-0.05, 0) is 77.0 Å². The molecule has 1 aliphatic carbocycles. The minimum Gasteiger partial charge on any atom is -0.375 e. The number of hydrogen-bond acceptors (Lipinski definition) is 3. The first-order valence-electron chi connectivity index (χ1n) is 8.40. The summed E-state index contributed by atoms with van der Waals surface area (Å²) >= 11 is 0. The van der Waals surface area contributed by atoms with Crippen LogP contribution in [0.3, 0.4) is 0 Å². The summed E-state index contributed by atoms with van der Waals surface area (Å²) in [6.45, 7) is 8.18. The van der Waals surface area contributed by atoms with Gasteiger partial charge in [-0.1, -0.05) is 6.92 Å². The third kappa shape index (κ3) is 3.14. The zero-order valence-electron chi connectivity index (χ0n) is 12.5. The molecule has 1 saturated carbocycles. The van der Waals surface area contributed by atoms with Gasteiger partial charge in [0.2, 0.25) is 0 Å². The first-order valence-corrected chi connectivity index (χ1v) is 8.40. The van der Waals surface area contributed by atoms with Crippen molar-refractivity contribution in [2.24, 2.45) is 5.92 Å². The third-order valence-electron chi connectivity index (χ3n) is 5.58. The van der Waals surface area contributed by atoms with Gasteiger partial charge >= 0.3 is 0 Å². The third-order valence-corrected chi connectivity index (χ3v) is 5.58. The van der Waals surface area contributed by atoms with Gasteiger partial charge in [-0.2, -0.15) is 0 Å². The number of ether oxygens (including phenoxy) is 1. The zero-order valence-corrected chi connectivity index (χ0v) is 12.5. The molecule has 2 heterocycles. The average Bonchev–Trinajstić information content (AvgIpc) is 2.44. The molecular weight excluding hydrogens is 236 g/mol. The summed E-state index contributed by atoms with van der Waals surface area (Å²) in [5, 5.41) is 3.51. The van der Waals surface area contributed by atoms with Crippen molar-refractivity contribution in [2.45, 2.75) is 63.5 Å². The van der Waals surface area contributed by atoms with E-state index in [0.29, 0.717) is 5.60 Å². The van der Waals surface area contributed by atoms with Crippen LogP contribution in [-0.4, -0.2) is 49.3 Å². The minimum absolute atomic E-state index is 0.309. The second kappa shape index (κ2) is 6.11. The highest BCUT2D eigenvalue weighted by Gasteiger charge is 2.44. The van der Waals surface area contributed by atoms with Crippen molar-refractivity contribution in [3.05, 3.63) is 0 Å². The van der Waals surface area contributed by atoms with Gasteiger partial charge in [0, 0.05) is 12.6 Å². The number of nitrogens with one attached hydrogen (secondary N) is 1. The van der Waals surface area contributed by atoms with E-state index in [0.717, 1.165) is 25.1 Å². The highest BCUT2D eigenvalue weighted by molar-refractivity contribution is 4.97. The van der Waals surface area contributed by atoms with Crippen molar-refractivity contribution in [3.63, 3.8) is 0 Å². The lowest BCUT2D eigenvalue weighted by molar-refractivity contribution is -0.150. The van der Waals surface area contributed by atoms with Crippen LogP contribution >= 0.6 is 0 Å². The Kier molecular flexibility index (Phi) is 4.45. The average molecular weight is 266 g/mol. The normalized spacial score (nSPS) is 32.4. The molecule has 0 radical (unpaired) electrons. The maximum atomic E-state index is 6.06. The molecule has 3 aliphatic rings. The van der Waals surface area contributed by atoms with E-state index in [2.05, 4.69) is 17.1 Å². The molecule has 3 nitrogen and oxygen atoms in total. The first kappa shape index (κ1) is 13.8. The lowest BCUT2D eigenvalue weighted by Gasteiger charge is -2.50. The molecule has 2 aliphatic heterocycles. The molecule has 1 unspecified atom stereocenters. The number of nitrogens with zero attached hydrogens (tertiary/aromatic N) is 1. The minimum atomic E-state index is 0.309. The van der Waals surface area contributed by atoms with Crippen molar-refractivity contribution in [2.75, 3.05) is 32.8 Å². The van der Waals surface area contributed by atoms with E-state index in [-0.39, 0.29) is 0 Å². The van der Waals surface area contributed by atoms with Gasteiger partial charge in [-0.15, -0.1) is 0 Å². The number of likely N-dealkylation sites (tertiary alicyclic amines) is 1. The first-order chi connectivity index (χ1) is 9.31. The molecule has 1 atom stereocenters. The van der Waals surface area contributed by atoms with Crippen molar-refractivity contribution < 1.29 is 4.74 Å². The van der Waals surface area contributed by atoms with Gasteiger partial charge in [0.25, 0.3) is 0 Å². The molecule has 0 aromatic rings. The van der Waals surface area contributed by atoms with Crippen molar-refractivity contribution in [1.82, 2.24) is 10.2 Å². The van der Waals surface area contributed by atoms with Crippen molar-refractivity contribution in [1.29, 1.82) is 0 Å². The highest BCUT2D eigenvalue weighted by Crippen LogP contribution is 2.43. The molecule has 0 amide bonds. The van der Waals surface area contributed by atoms with E-state index >= 15 is 0 Å². The SMILES string of the molecule is CCNCC1CCN(C2CCOC3(CCC3)C2)CC1. The van der Waals surface area contributed by atoms with Crippen LogP contribution in [0.15, 0.2) is 0 Å². The summed E-state index contributed by atoms with van der Waals surface area (Å²) in [5.41, 5.74) is 0.309. The van der Waals surface area contributed by atoms with Gasteiger partial charge in [0.1, 0.15) is 0 Å². The number of hydrogen-bond donors (Lipinski definition) is 1. The van der Waals surface area contributed by atoms with Gasteiger partial charge in [0.15, 0.2) is 0 Å². The number of piperidine rings is 1. The quantitative estimate of drug-likeness (QED) is 0.846. The number of rotatable bonds is 4. The second-order valence-electron chi connectivity index (χ2n) is 6.82. The van der Waals surface area contributed by atoms with Crippen LogP contribution in [0.25, 0.3) is 0 Å². The van der Waals surface area contributed by atoms with E-state index in [1.54, 1.807) is 0 Å². The Balaban J connectivity index is 1.45. The van der Waals surface area contributed by atoms with Crippen LogP contribution in [0.1, 0.15) is 51.9 Å². The van der Waals surface area contributed by atoms with Crippen LogP contribution in [0.2, 0.25) is 0 Å². The predicted molar refractivity (Wildman–Crippen MR) is 78.4 cm³/mol. The molecule has 110 valence electrons. The Morgan fingerprint density at radius 1 is 1.21 bits per heavy atom. The van der Waals surface area contributed by atoms with Crippen LogP contribution in [0.5, 0.6) is 0 Å². The fourth-order valence-electron chi connectivity index (χ4n) is 4.10. The summed E-state index contributed by atoms with van der Waals surface area (Å²) in [5.74, 6) is 0.911. The summed E-state index contributed by atoms with van der Waals surface area (Å²) in [6, 6.07) is 0.814. The molecule has 0 aromatic carbocycles. The molecule has 0 bridgehead atoms. The molecule has 19 heavy (non-hydrogen) atoms. The lowest BCUT2D eigenvalue weighted by Crippen LogP contribution is -2.53. The summed E-state index contributed by atoms with van der Waals surface area (Å²) < 4.78 is 6.06. The molecule has 0 aromatic heterocycles. The predicted octanol–water partition coefficient (Wildman–Crippen LogP) is 2.41. The largest absolute Gasteiger partial charge is 0.375 e. The topological polar surface area (TPSA) is 24.5 Å². The van der Waals surface area contributed by atoms with Gasteiger partial charge in [-0.25, -0.2) is 0 Å². The van der Waals surface area contributed by atoms with Crippen LogP contribution in [-0.2, 0) is 4.74 Å². The van der Waals surface area contributed by atoms with Gasteiger partial charge < -0.3 is 15.0 Å². The standard InChI is InChI=1S/C16H30N2O/c1-2-17-13-14-4-9-18(10-5-14)15-6-11-19-16(12-15)7-3-8-16/h14-15,17H,2-13H2,1H3. The van der Waals surface area contributed by atoms with E-state index in [1.165, 1.54) is 64.6 Å². The smallest absolute Gasteiger partial charge is 0.0697 e. The Morgan fingerprint density at radius 3 is 2.63 bits per heavy atom. The maximum absolute atomic E-state index is 6.06. The molecule has 3 heteroatoms. The Hall–Kier alpha value is -0.120. The van der Waals surface area contributed by atoms with Gasteiger partial charge in [-0.3, -0.25) is 0 Å². The van der Waals surface area contributed by atoms with Crippen LogP contribution in [0.4, 0.5) is 0 Å². The molecule has 3 fully saturated rings. The fourth-order valence-corrected chi connectivity index (χ4v) is 4.10. The van der Waals surface area contributed by atoms with Crippen LogP contribution < -0.4 is 5.32 Å². The van der Waals surface area contributed by atoms with Crippen molar-refractivity contribution in [3.8, 4) is 0 Å². The zero-order chi connectivity index (χ0) is 13.1. The monoisotopic (exact) mass is 266 g/mol. The summed E-state index contributed by atoms with van der Waals surface area (Å²) in [6.07, 6.45) is 9.37. The van der Waals surface area contributed by atoms with Crippen LogP contribution in [0, 0.1) is 5.92 Å². The van der Waals surface area contributed by atoms with E-state index in [4.69, 9.17) is 4.74 Å². The second-order valence-corrected chi connectivity index (χ2v) is 6.82. The molecule has 1 N–H and O–H groups in total. The van der Waals surface area contributed by atoms with Crippen molar-refractivity contribution >= 4 is 0 Å². The Morgan fingerprint density at radius 2 is 2.00 bits per heavy atom. The summed E-state index contributed by atoms with van der Waals surface area (Å²) in [4.78, 5) is 2.77. The highest BCUT2D eigenvalue weighted by atomic mass is 16.5. The van der Waals surface area contributed by atoms with E-state index in [9.17, 15) is 0 Å². The fraction of sp³-hybridized carbons (Fsp3) is 1.00. The molecule has 2 saturated heterocycles. The van der Waals surface area contributed by atoms with Gasteiger partial charge in [0.05, 0.1) is 5.60 Å². The lowest BCUT2D eigenvalue weighted by atomic mass is 9.73.